The van der Waals surface area contributed by atoms with Gasteiger partial charge in [-0.15, -0.1) is 0 Å². The Morgan fingerprint density at radius 2 is 1.47 bits per heavy atom. The van der Waals surface area contributed by atoms with Gasteiger partial charge < -0.3 is 9.84 Å². The summed E-state index contributed by atoms with van der Waals surface area (Å²) in [7, 11) is 1.64. The predicted octanol–water partition coefficient (Wildman–Crippen LogP) is 4.97. The number of hydrogen-bond acceptors (Lipinski definition) is 6. The summed E-state index contributed by atoms with van der Waals surface area (Å²) in [6.45, 7) is 0. The third-order valence-corrected chi connectivity index (χ3v) is 4.49. The highest BCUT2D eigenvalue weighted by molar-refractivity contribution is 5.83. The molecule has 1 aromatic heterocycles. The van der Waals surface area contributed by atoms with E-state index in [0.717, 1.165) is 28.3 Å². The maximum absolute atomic E-state index is 9.88. The number of aromatic nitrogens is 2. The van der Waals surface area contributed by atoms with Crippen LogP contribution < -0.4 is 10.2 Å². The van der Waals surface area contributed by atoms with Crippen LogP contribution in [0, 0.1) is 0 Å². The summed E-state index contributed by atoms with van der Waals surface area (Å²) < 4.78 is 5.24. The number of aromatic hydroxyl groups is 1. The first kappa shape index (κ1) is 19.1. The van der Waals surface area contributed by atoms with E-state index in [1.54, 1.807) is 25.3 Å². The molecule has 0 fully saturated rings. The number of para-hydroxylation sites is 1. The van der Waals surface area contributed by atoms with Gasteiger partial charge in [0.25, 0.3) is 0 Å². The number of anilines is 1. The Labute approximate surface area is 174 Å². The van der Waals surface area contributed by atoms with Crippen molar-refractivity contribution in [2.24, 2.45) is 5.10 Å². The zero-order valence-corrected chi connectivity index (χ0v) is 16.4. The van der Waals surface area contributed by atoms with E-state index in [1.807, 2.05) is 66.7 Å². The number of phenolic OH excluding ortho intramolecular Hbond substituents is 1. The van der Waals surface area contributed by atoms with Crippen molar-refractivity contribution >= 4 is 12.2 Å². The summed E-state index contributed by atoms with van der Waals surface area (Å²) in [6, 6.07) is 26.5. The van der Waals surface area contributed by atoms with Gasteiger partial charge in [0.2, 0.25) is 5.95 Å². The highest BCUT2D eigenvalue weighted by Gasteiger charge is 2.09. The summed E-state index contributed by atoms with van der Waals surface area (Å²) in [5.41, 5.74) is 6.91. The molecule has 0 aliphatic heterocycles. The molecule has 0 bridgehead atoms. The lowest BCUT2D eigenvalue weighted by atomic mass is 10.1. The molecule has 30 heavy (non-hydrogen) atoms. The third kappa shape index (κ3) is 4.44. The van der Waals surface area contributed by atoms with E-state index in [2.05, 4.69) is 20.5 Å². The van der Waals surface area contributed by atoms with Crippen LogP contribution in [-0.4, -0.2) is 28.4 Å². The first-order valence-electron chi connectivity index (χ1n) is 9.39. The van der Waals surface area contributed by atoms with Crippen LogP contribution in [0.1, 0.15) is 5.56 Å². The van der Waals surface area contributed by atoms with Gasteiger partial charge >= 0.3 is 0 Å². The molecular formula is C24H20N4O2. The maximum atomic E-state index is 9.88. The lowest BCUT2D eigenvalue weighted by molar-refractivity contribution is 0.415. The molecule has 0 radical (unpaired) electrons. The lowest BCUT2D eigenvalue weighted by Crippen LogP contribution is -2.00. The molecule has 0 atom stereocenters. The van der Waals surface area contributed by atoms with E-state index in [9.17, 15) is 5.11 Å². The van der Waals surface area contributed by atoms with Crippen molar-refractivity contribution in [2.45, 2.75) is 0 Å². The summed E-state index contributed by atoms with van der Waals surface area (Å²) in [5.74, 6) is 1.29. The van der Waals surface area contributed by atoms with Gasteiger partial charge in [-0.1, -0.05) is 42.5 Å². The molecule has 148 valence electrons. The molecule has 4 rings (SSSR count). The van der Waals surface area contributed by atoms with Gasteiger partial charge in [-0.25, -0.2) is 15.4 Å². The number of ether oxygens (including phenoxy) is 1. The average Bonchev–Trinajstić information content (AvgIpc) is 2.81. The van der Waals surface area contributed by atoms with Crippen molar-refractivity contribution < 1.29 is 9.84 Å². The lowest BCUT2D eigenvalue weighted by Gasteiger charge is -2.09. The van der Waals surface area contributed by atoms with Crippen molar-refractivity contribution in [2.75, 3.05) is 12.5 Å². The fourth-order valence-electron chi connectivity index (χ4n) is 2.92. The van der Waals surface area contributed by atoms with Crippen LogP contribution >= 0.6 is 0 Å². The number of benzene rings is 3. The highest BCUT2D eigenvalue weighted by Crippen LogP contribution is 2.26. The second kappa shape index (κ2) is 8.87. The van der Waals surface area contributed by atoms with Gasteiger partial charge in [0.1, 0.15) is 11.5 Å². The number of methoxy groups -OCH3 is 1. The topological polar surface area (TPSA) is 79.6 Å². The van der Waals surface area contributed by atoms with Crippen molar-refractivity contribution in [3.05, 3.63) is 90.5 Å². The molecule has 3 aromatic carbocycles. The van der Waals surface area contributed by atoms with Gasteiger partial charge in [-0.05, 0) is 42.5 Å². The van der Waals surface area contributed by atoms with Crippen LogP contribution in [0.25, 0.3) is 22.5 Å². The molecule has 0 unspecified atom stereocenters. The van der Waals surface area contributed by atoms with Crippen molar-refractivity contribution in [1.29, 1.82) is 0 Å². The van der Waals surface area contributed by atoms with Crippen molar-refractivity contribution in [1.82, 2.24) is 9.97 Å². The molecule has 6 nitrogen and oxygen atoms in total. The minimum absolute atomic E-state index is 0.154. The number of nitrogens with zero attached hydrogens (tertiary/aromatic N) is 3. The number of nitrogens with one attached hydrogen (secondary N) is 1. The van der Waals surface area contributed by atoms with E-state index >= 15 is 0 Å². The molecule has 0 saturated carbocycles. The quantitative estimate of drug-likeness (QED) is 0.355. The number of hydrazone groups is 1. The fraction of sp³-hybridized carbons (Fsp3) is 0.0417. The van der Waals surface area contributed by atoms with Gasteiger partial charge in [-0.2, -0.15) is 5.10 Å². The summed E-state index contributed by atoms with van der Waals surface area (Å²) in [5, 5.41) is 14.1. The molecule has 2 N–H and O–H groups in total. The fourth-order valence-corrected chi connectivity index (χ4v) is 2.92. The van der Waals surface area contributed by atoms with Crippen LogP contribution in [0.5, 0.6) is 11.5 Å². The van der Waals surface area contributed by atoms with Crippen molar-refractivity contribution in [3.8, 4) is 34.0 Å². The van der Waals surface area contributed by atoms with Crippen LogP contribution in [0.2, 0.25) is 0 Å². The Morgan fingerprint density at radius 1 is 0.833 bits per heavy atom. The number of hydrogen-bond donors (Lipinski definition) is 2. The standard InChI is InChI=1S/C24H20N4O2/c1-30-20-13-11-18(12-14-20)22-15-21(17-7-3-2-4-8-17)26-24(27-22)28-25-16-19-9-5-6-10-23(19)29/h2-16,29H,1H3,(H,26,27,28)/b25-16-. The molecule has 0 spiro atoms. The highest BCUT2D eigenvalue weighted by atomic mass is 16.5. The Bertz CT molecular complexity index is 1160. The summed E-state index contributed by atoms with van der Waals surface area (Å²) in [6.07, 6.45) is 1.53. The van der Waals surface area contributed by atoms with Crippen LogP contribution in [-0.2, 0) is 0 Å². The Balaban J connectivity index is 1.69. The van der Waals surface area contributed by atoms with Gasteiger partial charge in [0, 0.05) is 16.7 Å². The van der Waals surface area contributed by atoms with Crippen LogP contribution in [0.4, 0.5) is 5.95 Å². The zero-order valence-electron chi connectivity index (χ0n) is 16.4. The van der Waals surface area contributed by atoms with E-state index in [0.29, 0.717) is 11.5 Å². The van der Waals surface area contributed by atoms with Crippen molar-refractivity contribution in [3.63, 3.8) is 0 Å². The molecule has 0 amide bonds. The smallest absolute Gasteiger partial charge is 0.244 e. The van der Waals surface area contributed by atoms with Gasteiger partial charge in [0.05, 0.1) is 24.7 Å². The normalized spacial score (nSPS) is 10.8. The minimum Gasteiger partial charge on any atom is -0.507 e. The molecule has 6 heteroatoms. The molecule has 0 aliphatic carbocycles. The van der Waals surface area contributed by atoms with Gasteiger partial charge in [0.15, 0.2) is 0 Å². The molecule has 4 aromatic rings. The predicted molar refractivity (Wildman–Crippen MR) is 119 cm³/mol. The Morgan fingerprint density at radius 3 is 2.13 bits per heavy atom. The molecule has 0 saturated heterocycles. The van der Waals surface area contributed by atoms with Crippen LogP contribution in [0.15, 0.2) is 90.0 Å². The molecule has 0 aliphatic rings. The van der Waals surface area contributed by atoms with E-state index in [1.165, 1.54) is 6.21 Å². The maximum Gasteiger partial charge on any atom is 0.244 e. The van der Waals surface area contributed by atoms with Gasteiger partial charge in [-0.3, -0.25) is 0 Å². The second-order valence-electron chi connectivity index (χ2n) is 6.49. The number of rotatable bonds is 6. The Hall–Kier alpha value is -4.19. The summed E-state index contributed by atoms with van der Waals surface area (Å²) in [4.78, 5) is 9.19. The van der Waals surface area contributed by atoms with E-state index in [4.69, 9.17) is 4.74 Å². The van der Waals surface area contributed by atoms with E-state index in [-0.39, 0.29) is 5.75 Å². The minimum atomic E-state index is 0.154. The van der Waals surface area contributed by atoms with Crippen LogP contribution in [0.3, 0.4) is 0 Å². The largest absolute Gasteiger partial charge is 0.507 e. The number of phenols is 1. The average molecular weight is 396 g/mol. The first-order chi connectivity index (χ1) is 14.7. The molecular weight excluding hydrogens is 376 g/mol. The SMILES string of the molecule is COc1ccc(-c2cc(-c3ccccc3)nc(N/N=C\c3ccccc3O)n2)cc1. The van der Waals surface area contributed by atoms with E-state index < -0.39 is 0 Å². The first-order valence-corrected chi connectivity index (χ1v) is 9.39. The Kier molecular flexibility index (Phi) is 5.66. The second-order valence-corrected chi connectivity index (χ2v) is 6.49. The zero-order chi connectivity index (χ0) is 20.8. The monoisotopic (exact) mass is 396 g/mol. The molecule has 1 heterocycles. The third-order valence-electron chi connectivity index (χ3n) is 4.49. The summed E-state index contributed by atoms with van der Waals surface area (Å²) >= 11 is 0.